The first-order valence-corrected chi connectivity index (χ1v) is 11.7. The quantitative estimate of drug-likeness (QED) is 0.413. The van der Waals surface area contributed by atoms with E-state index in [2.05, 4.69) is 56.5 Å². The molecule has 0 radical (unpaired) electrons. The predicted molar refractivity (Wildman–Crippen MR) is 90.2 cm³/mol. The first-order chi connectivity index (χ1) is 9.23. The minimum atomic E-state index is -1.11. The highest BCUT2D eigenvalue weighted by Gasteiger charge is 2.47. The molecule has 20 heavy (non-hydrogen) atoms. The molecule has 0 bridgehead atoms. The van der Waals surface area contributed by atoms with Gasteiger partial charge in [-0.25, -0.2) is 0 Å². The summed E-state index contributed by atoms with van der Waals surface area (Å²) >= 11 is 6.85. The Morgan fingerprint density at radius 3 is 2.75 bits per heavy atom. The number of hydrogen-bond donors (Lipinski definition) is 0. The monoisotopic (exact) mass is 420 g/mol. The van der Waals surface area contributed by atoms with Crippen molar-refractivity contribution in [2.75, 3.05) is 18.2 Å². The van der Waals surface area contributed by atoms with Crippen molar-refractivity contribution >= 4 is 51.5 Å². The number of halogens is 2. The first kappa shape index (κ1) is 16.1. The zero-order chi connectivity index (χ0) is 15.0. The maximum atomic E-state index is 12.4. The van der Waals surface area contributed by atoms with Crippen molar-refractivity contribution in [1.29, 1.82) is 0 Å². The molecular weight excluding hydrogens is 404 g/mol. The van der Waals surface area contributed by atoms with Gasteiger partial charge in [-0.3, -0.25) is 14.7 Å². The van der Waals surface area contributed by atoms with E-state index in [1.54, 1.807) is 17.3 Å². The van der Waals surface area contributed by atoms with Gasteiger partial charge in [-0.2, -0.15) is 0 Å². The van der Waals surface area contributed by atoms with Crippen molar-refractivity contribution in [2.24, 2.45) is 0 Å². The standard InChI is InChI=1S/C13H18Br2N2O2Si/c1-20(2,3)7-6-19-9-17-11-4-5-16-8-10(11)13(14,15)12(17)18/h4-5,8H,6-7,9H2,1-3H3. The summed E-state index contributed by atoms with van der Waals surface area (Å²) in [4.78, 5) is 18.1. The molecule has 0 N–H and O–H groups in total. The van der Waals surface area contributed by atoms with Gasteiger partial charge >= 0.3 is 0 Å². The maximum absolute atomic E-state index is 12.4. The molecule has 2 rings (SSSR count). The van der Waals surface area contributed by atoms with Crippen molar-refractivity contribution in [2.45, 2.75) is 28.9 Å². The third kappa shape index (κ3) is 3.32. The molecule has 0 saturated heterocycles. The fourth-order valence-corrected chi connectivity index (χ4v) is 3.72. The normalized spacial score (nSPS) is 17.4. The van der Waals surface area contributed by atoms with E-state index >= 15 is 0 Å². The van der Waals surface area contributed by atoms with Gasteiger partial charge in [0.1, 0.15) is 6.73 Å². The zero-order valence-corrected chi connectivity index (χ0v) is 16.0. The van der Waals surface area contributed by atoms with Crippen LogP contribution in [0.1, 0.15) is 5.56 Å². The van der Waals surface area contributed by atoms with Gasteiger partial charge in [-0.1, -0.05) is 51.5 Å². The summed E-state index contributed by atoms with van der Waals surface area (Å²) < 4.78 is 4.81. The number of alkyl halides is 2. The molecule has 4 nitrogen and oxygen atoms in total. The highest BCUT2D eigenvalue weighted by Crippen LogP contribution is 2.49. The van der Waals surface area contributed by atoms with Crippen molar-refractivity contribution in [3.8, 4) is 0 Å². The Hall–Kier alpha value is -0.243. The van der Waals surface area contributed by atoms with Crippen LogP contribution in [0.5, 0.6) is 0 Å². The molecule has 1 aromatic heterocycles. The molecule has 1 aliphatic rings. The number of carbonyl (C=O) groups is 1. The fraction of sp³-hybridized carbons (Fsp3) is 0.538. The van der Waals surface area contributed by atoms with E-state index in [1.807, 2.05) is 6.07 Å². The smallest absolute Gasteiger partial charge is 0.261 e. The molecule has 0 unspecified atom stereocenters. The highest BCUT2D eigenvalue weighted by molar-refractivity contribution is 9.25. The minimum absolute atomic E-state index is 0.0755. The number of pyridine rings is 1. The van der Waals surface area contributed by atoms with Crippen molar-refractivity contribution in [3.63, 3.8) is 0 Å². The number of carbonyl (C=O) groups excluding carboxylic acids is 1. The third-order valence-electron chi connectivity index (χ3n) is 3.16. The Morgan fingerprint density at radius 2 is 2.10 bits per heavy atom. The van der Waals surface area contributed by atoms with Crippen molar-refractivity contribution in [3.05, 3.63) is 24.0 Å². The number of nitrogens with zero attached hydrogens (tertiary/aromatic N) is 2. The molecule has 0 spiro atoms. The molecule has 1 aromatic rings. The second-order valence-corrected chi connectivity index (χ2v) is 15.1. The zero-order valence-electron chi connectivity index (χ0n) is 11.8. The highest BCUT2D eigenvalue weighted by atomic mass is 79.9. The summed E-state index contributed by atoms with van der Waals surface area (Å²) in [5.41, 5.74) is 1.66. The largest absolute Gasteiger partial charge is 0.361 e. The average molecular weight is 422 g/mol. The number of ether oxygens (including phenoxy) is 1. The second-order valence-electron chi connectivity index (χ2n) is 6.05. The lowest BCUT2D eigenvalue weighted by Crippen LogP contribution is -2.35. The van der Waals surface area contributed by atoms with Gasteiger partial charge in [-0.05, 0) is 12.1 Å². The average Bonchev–Trinajstić information content (AvgIpc) is 2.54. The number of amides is 1. The Balaban J connectivity index is 2.04. The lowest BCUT2D eigenvalue weighted by molar-refractivity contribution is -0.119. The lowest BCUT2D eigenvalue weighted by Gasteiger charge is -2.20. The third-order valence-corrected chi connectivity index (χ3v) is 6.39. The van der Waals surface area contributed by atoms with Crippen LogP contribution >= 0.6 is 31.9 Å². The summed E-state index contributed by atoms with van der Waals surface area (Å²) in [7, 11) is -1.11. The number of rotatable bonds is 5. The molecule has 0 atom stereocenters. The summed E-state index contributed by atoms with van der Waals surface area (Å²) in [6.07, 6.45) is 3.38. The molecule has 1 amide bonds. The molecule has 0 saturated carbocycles. The lowest BCUT2D eigenvalue weighted by atomic mass is 10.2. The molecule has 0 aliphatic carbocycles. The molecular formula is C13H18Br2N2O2Si. The number of hydrogen-bond acceptors (Lipinski definition) is 3. The molecule has 7 heteroatoms. The van der Waals surface area contributed by atoms with Gasteiger partial charge in [0, 0.05) is 32.6 Å². The number of anilines is 1. The van der Waals surface area contributed by atoms with E-state index in [4.69, 9.17) is 4.74 Å². The van der Waals surface area contributed by atoms with E-state index in [0.717, 1.165) is 17.3 Å². The van der Waals surface area contributed by atoms with Crippen LogP contribution in [-0.4, -0.2) is 32.3 Å². The van der Waals surface area contributed by atoms with Crippen LogP contribution < -0.4 is 4.90 Å². The maximum Gasteiger partial charge on any atom is 0.261 e. The Bertz CT molecular complexity index is 517. The van der Waals surface area contributed by atoms with Crippen molar-refractivity contribution in [1.82, 2.24) is 4.98 Å². The summed E-state index contributed by atoms with van der Waals surface area (Å²) in [6.45, 7) is 7.89. The second kappa shape index (κ2) is 5.86. The van der Waals surface area contributed by atoms with E-state index < -0.39 is 11.3 Å². The molecule has 110 valence electrons. The van der Waals surface area contributed by atoms with Crippen LogP contribution in [0.3, 0.4) is 0 Å². The topological polar surface area (TPSA) is 42.4 Å². The van der Waals surface area contributed by atoms with Crippen LogP contribution in [0, 0.1) is 0 Å². The summed E-state index contributed by atoms with van der Waals surface area (Å²) in [5.74, 6) is -0.0755. The molecule has 0 fully saturated rings. The van der Waals surface area contributed by atoms with Crippen LogP contribution in [0.4, 0.5) is 5.69 Å². The van der Waals surface area contributed by atoms with Crippen LogP contribution in [0.15, 0.2) is 18.5 Å². The van der Waals surface area contributed by atoms with Gasteiger partial charge in [0.15, 0.2) is 3.23 Å². The first-order valence-electron chi connectivity index (χ1n) is 6.45. The van der Waals surface area contributed by atoms with Crippen LogP contribution in [-0.2, 0) is 12.8 Å². The SMILES string of the molecule is C[Si](C)(C)CCOCN1C(=O)C(Br)(Br)c2cnccc21. The van der Waals surface area contributed by atoms with Gasteiger partial charge in [0.05, 0.1) is 5.69 Å². The Kier molecular flexibility index (Phi) is 4.73. The van der Waals surface area contributed by atoms with Gasteiger partial charge in [-0.15, -0.1) is 0 Å². The summed E-state index contributed by atoms with van der Waals surface area (Å²) in [5, 5.41) is 0. The van der Waals surface area contributed by atoms with Gasteiger partial charge in [0.2, 0.25) is 0 Å². The predicted octanol–water partition coefficient (Wildman–Crippen LogP) is 3.68. The van der Waals surface area contributed by atoms with Crippen LogP contribution in [0.25, 0.3) is 0 Å². The molecule has 2 heterocycles. The van der Waals surface area contributed by atoms with Crippen molar-refractivity contribution < 1.29 is 9.53 Å². The van der Waals surface area contributed by atoms with E-state index in [-0.39, 0.29) is 12.6 Å². The van der Waals surface area contributed by atoms with E-state index in [0.29, 0.717) is 6.61 Å². The number of fused-ring (bicyclic) bond motifs is 1. The molecule has 1 aliphatic heterocycles. The Labute approximate surface area is 137 Å². The van der Waals surface area contributed by atoms with Gasteiger partial charge in [0.25, 0.3) is 5.91 Å². The van der Waals surface area contributed by atoms with Crippen LogP contribution in [0.2, 0.25) is 25.7 Å². The minimum Gasteiger partial charge on any atom is -0.361 e. The van der Waals surface area contributed by atoms with E-state index in [1.165, 1.54) is 0 Å². The van der Waals surface area contributed by atoms with E-state index in [9.17, 15) is 4.79 Å². The molecule has 0 aromatic carbocycles. The number of aromatic nitrogens is 1. The van der Waals surface area contributed by atoms with Gasteiger partial charge < -0.3 is 4.74 Å². The summed E-state index contributed by atoms with van der Waals surface area (Å²) in [6, 6.07) is 2.92. The Morgan fingerprint density at radius 1 is 1.40 bits per heavy atom. The fourth-order valence-electron chi connectivity index (χ4n) is 1.92.